The lowest BCUT2D eigenvalue weighted by molar-refractivity contribution is -0.160. The van der Waals surface area contributed by atoms with E-state index in [2.05, 4.69) is 67.0 Å². The van der Waals surface area contributed by atoms with E-state index in [1.807, 2.05) is 30.5 Å². The van der Waals surface area contributed by atoms with Crippen molar-refractivity contribution < 1.29 is 27.8 Å². The number of H-pyrrole nitrogens is 2. The van der Waals surface area contributed by atoms with Crippen LogP contribution in [-0.4, -0.2) is 75.8 Å². The number of fused-ring (bicyclic) bond motifs is 1. The lowest BCUT2D eigenvalue weighted by Gasteiger charge is -2.29. The fraction of sp³-hybridized carbons (Fsp3) is 0.368. The topological polar surface area (TPSA) is 137 Å². The highest BCUT2D eigenvalue weighted by Gasteiger charge is 2.42. The number of carbonyl (C=O) groups is 2. The number of amides is 2. The van der Waals surface area contributed by atoms with Gasteiger partial charge in [-0.15, -0.1) is 0 Å². The molecule has 0 saturated carbocycles. The van der Waals surface area contributed by atoms with Gasteiger partial charge in [-0.3, -0.25) is 4.79 Å². The van der Waals surface area contributed by atoms with E-state index >= 15 is 0 Å². The molecule has 0 aliphatic carbocycles. The summed E-state index contributed by atoms with van der Waals surface area (Å²) >= 11 is 0. The number of nitrogens with one attached hydrogen (secondary N) is 4. The molecule has 2 saturated heterocycles. The molecule has 2 aromatic heterocycles. The van der Waals surface area contributed by atoms with Crippen molar-refractivity contribution in [3.8, 4) is 33.6 Å². The standard InChI is InChI=1S/C38H41F2N7O4/c1-21(2)33(46-38(49)50-3)36(48)47-20-28(51-37(39)40)17-32(47)35-43-18-30(45-35)23-8-6-22(7-9-23)24-10-11-26-16-27(13-12-25(26)15-24)31-19-42-34(44-31)29-5-4-14-41-29/h6-13,15-16,18-19,21,28-29,32-33,37,41H,4-5,14,17,20H2,1-3H3,(H,42,44)(H,43,45)(H,46,49). The molecule has 2 aliphatic heterocycles. The van der Waals surface area contributed by atoms with Crippen LogP contribution >= 0.6 is 0 Å². The predicted octanol–water partition coefficient (Wildman–Crippen LogP) is 6.97. The fourth-order valence-electron chi connectivity index (χ4n) is 7.09. The van der Waals surface area contributed by atoms with Crippen molar-refractivity contribution in [1.82, 2.24) is 35.5 Å². The van der Waals surface area contributed by atoms with Crippen molar-refractivity contribution >= 4 is 22.8 Å². The van der Waals surface area contributed by atoms with E-state index < -0.39 is 36.8 Å². The first-order valence-electron chi connectivity index (χ1n) is 17.2. The van der Waals surface area contributed by atoms with Crippen LogP contribution in [0.1, 0.15) is 56.8 Å². The summed E-state index contributed by atoms with van der Waals surface area (Å²) in [6.07, 6.45) is 4.30. The maximum Gasteiger partial charge on any atom is 0.407 e. The number of aromatic nitrogens is 4. The third kappa shape index (κ3) is 7.35. The van der Waals surface area contributed by atoms with Crippen molar-refractivity contribution in [2.45, 2.75) is 64.0 Å². The Labute approximate surface area is 294 Å². The quantitative estimate of drug-likeness (QED) is 0.124. The van der Waals surface area contributed by atoms with Gasteiger partial charge in [0.05, 0.1) is 49.1 Å². The Kier molecular flexibility index (Phi) is 9.83. The third-order valence-corrected chi connectivity index (χ3v) is 9.81. The largest absolute Gasteiger partial charge is 0.453 e. The lowest BCUT2D eigenvalue weighted by Crippen LogP contribution is -2.51. The highest BCUT2D eigenvalue weighted by Crippen LogP contribution is 2.36. The summed E-state index contributed by atoms with van der Waals surface area (Å²) in [5, 5.41) is 8.32. The van der Waals surface area contributed by atoms with Gasteiger partial charge in [-0.05, 0) is 64.9 Å². The van der Waals surface area contributed by atoms with E-state index in [0.717, 1.165) is 63.9 Å². The average molecular weight is 698 g/mol. The van der Waals surface area contributed by atoms with Gasteiger partial charge in [0, 0.05) is 18.5 Å². The van der Waals surface area contributed by atoms with Gasteiger partial charge in [0.25, 0.3) is 0 Å². The summed E-state index contributed by atoms with van der Waals surface area (Å²) in [4.78, 5) is 43.1. The summed E-state index contributed by atoms with van der Waals surface area (Å²) < 4.78 is 35.9. The van der Waals surface area contributed by atoms with Crippen molar-refractivity contribution in [2.24, 2.45) is 5.92 Å². The van der Waals surface area contributed by atoms with Crippen molar-refractivity contribution in [2.75, 3.05) is 20.2 Å². The first-order valence-corrected chi connectivity index (χ1v) is 17.2. The minimum Gasteiger partial charge on any atom is -0.453 e. The first kappa shape index (κ1) is 34.3. The molecule has 0 radical (unpaired) electrons. The number of alkyl carbamates (subject to hydrolysis) is 1. The molecule has 3 aromatic carbocycles. The van der Waals surface area contributed by atoms with Gasteiger partial charge in [-0.25, -0.2) is 14.8 Å². The van der Waals surface area contributed by atoms with Crippen LogP contribution in [0.25, 0.3) is 44.4 Å². The summed E-state index contributed by atoms with van der Waals surface area (Å²) in [7, 11) is 1.21. The number of likely N-dealkylation sites (tertiary alicyclic amines) is 1. The second-order valence-electron chi connectivity index (χ2n) is 13.5. The van der Waals surface area contributed by atoms with Crippen LogP contribution in [0.3, 0.4) is 0 Å². The number of rotatable bonds is 10. The normalized spacial score (nSPS) is 19.7. The van der Waals surface area contributed by atoms with Crippen molar-refractivity contribution in [3.05, 3.63) is 84.7 Å². The van der Waals surface area contributed by atoms with Gasteiger partial charge >= 0.3 is 12.7 Å². The van der Waals surface area contributed by atoms with E-state index in [-0.39, 0.29) is 18.9 Å². The number of hydrogen-bond acceptors (Lipinski definition) is 7. The molecule has 4 heterocycles. The van der Waals surface area contributed by atoms with E-state index in [0.29, 0.717) is 17.6 Å². The van der Waals surface area contributed by atoms with Gasteiger partial charge < -0.3 is 35.0 Å². The number of halogens is 2. The number of carbonyl (C=O) groups excluding carboxylic acids is 2. The smallest absolute Gasteiger partial charge is 0.407 e. The Balaban J connectivity index is 1.07. The highest BCUT2D eigenvalue weighted by molar-refractivity contribution is 5.90. The van der Waals surface area contributed by atoms with Gasteiger partial charge in [0.1, 0.15) is 17.7 Å². The Hall–Kier alpha value is -5.14. The maximum atomic E-state index is 13.7. The SMILES string of the molecule is COC(=O)NC(C(=O)N1CC(OC(F)F)CC1c1ncc(-c2ccc(-c3ccc4cc(-c5cnc(C6CCCN6)[nH]5)ccc4c3)cc2)[nH]1)C(C)C. The summed E-state index contributed by atoms with van der Waals surface area (Å²) in [5.41, 5.74) is 5.81. The van der Waals surface area contributed by atoms with Gasteiger partial charge in [0.15, 0.2) is 0 Å². The number of alkyl halides is 2. The molecule has 0 bridgehead atoms. The molecule has 4 unspecified atom stereocenters. The zero-order valence-corrected chi connectivity index (χ0v) is 28.7. The van der Waals surface area contributed by atoms with E-state index in [1.54, 1.807) is 20.0 Å². The summed E-state index contributed by atoms with van der Waals surface area (Å²) in [5.74, 6) is 0.717. The number of benzene rings is 3. The number of aromatic amines is 2. The Morgan fingerprint density at radius 2 is 1.51 bits per heavy atom. The van der Waals surface area contributed by atoms with Crippen LogP contribution in [0, 0.1) is 5.92 Å². The Morgan fingerprint density at radius 3 is 2.18 bits per heavy atom. The molecule has 4 N–H and O–H groups in total. The fourth-order valence-corrected chi connectivity index (χ4v) is 7.09. The summed E-state index contributed by atoms with van der Waals surface area (Å²) in [6, 6.07) is 19.6. The van der Waals surface area contributed by atoms with Crippen LogP contribution in [0.2, 0.25) is 0 Å². The van der Waals surface area contributed by atoms with E-state index in [4.69, 9.17) is 9.47 Å². The van der Waals surface area contributed by atoms with Crippen LogP contribution in [0.4, 0.5) is 13.6 Å². The second-order valence-corrected chi connectivity index (χ2v) is 13.5. The predicted molar refractivity (Wildman–Crippen MR) is 189 cm³/mol. The van der Waals surface area contributed by atoms with Crippen LogP contribution in [0.5, 0.6) is 0 Å². The molecule has 2 fully saturated rings. The van der Waals surface area contributed by atoms with Crippen molar-refractivity contribution in [1.29, 1.82) is 0 Å². The Bertz CT molecular complexity index is 2000. The molecular formula is C38H41F2N7O4. The summed E-state index contributed by atoms with van der Waals surface area (Å²) in [6.45, 7) is 1.54. The minimum atomic E-state index is -2.99. The molecule has 13 heteroatoms. The molecule has 51 heavy (non-hydrogen) atoms. The van der Waals surface area contributed by atoms with Crippen LogP contribution in [0.15, 0.2) is 73.1 Å². The monoisotopic (exact) mass is 697 g/mol. The molecule has 266 valence electrons. The number of imidazole rings is 2. The first-order chi connectivity index (χ1) is 24.7. The minimum absolute atomic E-state index is 0.0695. The maximum absolute atomic E-state index is 13.7. The molecule has 7 rings (SSSR count). The highest BCUT2D eigenvalue weighted by atomic mass is 19.3. The third-order valence-electron chi connectivity index (χ3n) is 9.81. The van der Waals surface area contributed by atoms with Gasteiger partial charge in [0.2, 0.25) is 5.91 Å². The van der Waals surface area contributed by atoms with Gasteiger partial charge in [-0.2, -0.15) is 8.78 Å². The zero-order chi connectivity index (χ0) is 35.6. The van der Waals surface area contributed by atoms with E-state index in [9.17, 15) is 18.4 Å². The molecule has 4 atom stereocenters. The molecule has 2 aliphatic rings. The van der Waals surface area contributed by atoms with E-state index in [1.165, 1.54) is 12.0 Å². The molecule has 5 aromatic rings. The molecular weight excluding hydrogens is 656 g/mol. The van der Waals surface area contributed by atoms with Crippen LogP contribution < -0.4 is 10.6 Å². The molecule has 2 amide bonds. The zero-order valence-electron chi connectivity index (χ0n) is 28.7. The second kappa shape index (κ2) is 14.6. The number of ether oxygens (including phenoxy) is 2. The number of methoxy groups -OCH3 is 1. The number of hydrogen-bond donors (Lipinski definition) is 4. The molecule has 11 nitrogen and oxygen atoms in total. The Morgan fingerprint density at radius 1 is 0.882 bits per heavy atom. The van der Waals surface area contributed by atoms with Crippen LogP contribution in [-0.2, 0) is 14.3 Å². The van der Waals surface area contributed by atoms with Gasteiger partial charge in [-0.1, -0.05) is 62.4 Å². The lowest BCUT2D eigenvalue weighted by atomic mass is 9.98. The van der Waals surface area contributed by atoms with Crippen molar-refractivity contribution in [3.63, 3.8) is 0 Å². The average Bonchev–Trinajstić information content (AvgIpc) is 3.96. The number of nitrogens with zero attached hydrogens (tertiary/aromatic N) is 3. The molecule has 0 spiro atoms.